The number of hydrogen-bond donors (Lipinski definition) is 2. The molecule has 0 rings (SSSR count). The summed E-state index contributed by atoms with van der Waals surface area (Å²) in [5.41, 5.74) is 0. The van der Waals surface area contributed by atoms with E-state index in [1.807, 2.05) is 6.92 Å². The minimum absolute atomic E-state index is 0.0693. The summed E-state index contributed by atoms with van der Waals surface area (Å²) < 4.78 is 0. The van der Waals surface area contributed by atoms with E-state index in [9.17, 15) is 0 Å². The predicted octanol–water partition coefficient (Wildman–Crippen LogP) is 3.31. The minimum atomic E-state index is -0.872. The highest BCUT2D eigenvalue weighted by Crippen LogP contribution is 2.21. The SMILES string of the molecule is CCCCC(Cl)C(Cl)=C(O)O. The van der Waals surface area contributed by atoms with Crippen LogP contribution in [0, 0.1) is 0 Å². The van der Waals surface area contributed by atoms with Crippen molar-refractivity contribution in [2.45, 2.75) is 31.6 Å². The summed E-state index contributed by atoms with van der Waals surface area (Å²) in [5, 5.41) is 16.5. The second-order valence-corrected chi connectivity index (χ2v) is 3.22. The molecule has 2 nitrogen and oxygen atoms in total. The van der Waals surface area contributed by atoms with Gasteiger partial charge < -0.3 is 10.2 Å². The van der Waals surface area contributed by atoms with Crippen LogP contribution in [0.4, 0.5) is 0 Å². The van der Waals surface area contributed by atoms with E-state index in [-0.39, 0.29) is 5.03 Å². The van der Waals surface area contributed by atoms with Crippen LogP contribution in [0.15, 0.2) is 11.0 Å². The normalized spacial score (nSPS) is 12.6. The van der Waals surface area contributed by atoms with Crippen LogP contribution in [0.25, 0.3) is 0 Å². The molecular weight excluding hydrogens is 187 g/mol. The van der Waals surface area contributed by atoms with Crippen LogP contribution >= 0.6 is 23.2 Å². The Kier molecular flexibility index (Phi) is 5.51. The lowest BCUT2D eigenvalue weighted by molar-refractivity contribution is 0.187. The third-order valence-corrected chi connectivity index (χ3v) is 2.28. The number of aliphatic hydroxyl groups is 2. The lowest BCUT2D eigenvalue weighted by atomic mass is 10.2. The van der Waals surface area contributed by atoms with Crippen LogP contribution in [0.3, 0.4) is 0 Å². The van der Waals surface area contributed by atoms with E-state index in [0.29, 0.717) is 6.42 Å². The zero-order valence-corrected chi connectivity index (χ0v) is 7.86. The molecule has 0 aromatic carbocycles. The Hall–Kier alpha value is -0.0800. The summed E-state index contributed by atoms with van der Waals surface area (Å²) in [4.78, 5) is 0. The Morgan fingerprint density at radius 3 is 2.36 bits per heavy atom. The predicted molar refractivity (Wildman–Crippen MR) is 47.3 cm³/mol. The van der Waals surface area contributed by atoms with E-state index < -0.39 is 11.3 Å². The highest BCUT2D eigenvalue weighted by atomic mass is 35.5. The molecule has 0 spiro atoms. The van der Waals surface area contributed by atoms with Gasteiger partial charge in [0.25, 0.3) is 5.95 Å². The average Bonchev–Trinajstić information content (AvgIpc) is 1.98. The van der Waals surface area contributed by atoms with Crippen molar-refractivity contribution in [3.8, 4) is 0 Å². The topological polar surface area (TPSA) is 40.5 Å². The van der Waals surface area contributed by atoms with E-state index in [0.717, 1.165) is 12.8 Å². The number of allylic oxidation sites excluding steroid dienone is 1. The average molecular weight is 199 g/mol. The summed E-state index contributed by atoms with van der Waals surface area (Å²) in [6, 6.07) is 0. The Bertz CT molecular complexity index is 141. The van der Waals surface area contributed by atoms with Gasteiger partial charge in [-0.2, -0.15) is 0 Å². The van der Waals surface area contributed by atoms with E-state index in [1.54, 1.807) is 0 Å². The van der Waals surface area contributed by atoms with E-state index >= 15 is 0 Å². The fourth-order valence-electron chi connectivity index (χ4n) is 0.650. The van der Waals surface area contributed by atoms with E-state index in [2.05, 4.69) is 0 Å². The van der Waals surface area contributed by atoms with Crippen LogP contribution in [0.1, 0.15) is 26.2 Å². The maximum absolute atomic E-state index is 8.51. The molecule has 66 valence electrons. The van der Waals surface area contributed by atoms with Gasteiger partial charge in [-0.15, -0.1) is 11.6 Å². The van der Waals surface area contributed by atoms with Gasteiger partial charge in [0.05, 0.1) is 5.38 Å². The van der Waals surface area contributed by atoms with Crippen LogP contribution in [-0.4, -0.2) is 15.6 Å². The quantitative estimate of drug-likeness (QED) is 0.538. The van der Waals surface area contributed by atoms with Gasteiger partial charge >= 0.3 is 0 Å². The first-order valence-electron chi connectivity index (χ1n) is 3.51. The zero-order valence-electron chi connectivity index (χ0n) is 6.35. The maximum atomic E-state index is 8.51. The molecule has 1 atom stereocenters. The van der Waals surface area contributed by atoms with Gasteiger partial charge in [0.1, 0.15) is 5.03 Å². The number of unbranched alkanes of at least 4 members (excludes halogenated alkanes) is 1. The highest BCUT2D eigenvalue weighted by Gasteiger charge is 2.12. The second-order valence-electron chi connectivity index (χ2n) is 2.28. The van der Waals surface area contributed by atoms with Crippen LogP contribution in [0.5, 0.6) is 0 Å². The summed E-state index contributed by atoms with van der Waals surface area (Å²) in [5.74, 6) is -0.872. The summed E-state index contributed by atoms with van der Waals surface area (Å²) >= 11 is 11.1. The van der Waals surface area contributed by atoms with Gasteiger partial charge in [0.2, 0.25) is 0 Å². The molecule has 0 amide bonds. The molecule has 2 N–H and O–H groups in total. The van der Waals surface area contributed by atoms with Gasteiger partial charge in [0.15, 0.2) is 0 Å². The van der Waals surface area contributed by atoms with Crippen molar-refractivity contribution in [1.29, 1.82) is 0 Å². The lowest BCUT2D eigenvalue weighted by Crippen LogP contribution is -2.01. The Morgan fingerprint density at radius 2 is 2.00 bits per heavy atom. The van der Waals surface area contributed by atoms with Gasteiger partial charge in [0, 0.05) is 0 Å². The summed E-state index contributed by atoms with van der Waals surface area (Å²) in [6.45, 7) is 2.03. The van der Waals surface area contributed by atoms with Gasteiger partial charge in [-0.25, -0.2) is 0 Å². The van der Waals surface area contributed by atoms with Crippen LogP contribution < -0.4 is 0 Å². The van der Waals surface area contributed by atoms with Crippen molar-refractivity contribution < 1.29 is 10.2 Å². The molecule has 1 unspecified atom stereocenters. The molecule has 0 radical (unpaired) electrons. The van der Waals surface area contributed by atoms with Gasteiger partial charge in [-0.3, -0.25) is 0 Å². The van der Waals surface area contributed by atoms with Crippen molar-refractivity contribution in [1.82, 2.24) is 0 Å². The molecule has 0 aliphatic heterocycles. The number of hydrogen-bond acceptors (Lipinski definition) is 2. The van der Waals surface area contributed by atoms with Crippen LogP contribution in [-0.2, 0) is 0 Å². The van der Waals surface area contributed by atoms with Crippen molar-refractivity contribution in [2.24, 2.45) is 0 Å². The number of halogens is 2. The Labute approximate surface area is 76.4 Å². The third kappa shape index (κ3) is 4.38. The first kappa shape index (κ1) is 10.9. The maximum Gasteiger partial charge on any atom is 0.290 e. The second kappa shape index (κ2) is 5.56. The molecule has 0 heterocycles. The molecular formula is C7H12Cl2O2. The smallest absolute Gasteiger partial charge is 0.290 e. The Balaban J connectivity index is 3.83. The number of alkyl halides is 1. The zero-order chi connectivity index (χ0) is 8.85. The van der Waals surface area contributed by atoms with Crippen molar-refractivity contribution >= 4 is 23.2 Å². The largest absolute Gasteiger partial charge is 0.480 e. The molecule has 0 bridgehead atoms. The molecule has 0 aromatic rings. The summed E-state index contributed by atoms with van der Waals surface area (Å²) in [7, 11) is 0. The molecule has 0 aliphatic carbocycles. The summed E-state index contributed by atoms with van der Waals surface area (Å²) in [6.07, 6.45) is 2.61. The molecule has 11 heavy (non-hydrogen) atoms. The molecule has 0 fully saturated rings. The van der Waals surface area contributed by atoms with Crippen molar-refractivity contribution in [3.05, 3.63) is 11.0 Å². The van der Waals surface area contributed by atoms with Gasteiger partial charge in [-0.05, 0) is 6.42 Å². The van der Waals surface area contributed by atoms with Crippen molar-refractivity contribution in [2.75, 3.05) is 0 Å². The molecule has 0 saturated carbocycles. The minimum Gasteiger partial charge on any atom is -0.480 e. The fourth-order valence-corrected chi connectivity index (χ4v) is 1.01. The number of rotatable bonds is 4. The van der Waals surface area contributed by atoms with Gasteiger partial charge in [-0.1, -0.05) is 31.4 Å². The molecule has 0 aliphatic rings. The Morgan fingerprint density at radius 1 is 1.45 bits per heavy atom. The first-order chi connectivity index (χ1) is 5.09. The first-order valence-corrected chi connectivity index (χ1v) is 4.32. The van der Waals surface area contributed by atoms with Crippen LogP contribution in [0.2, 0.25) is 0 Å². The molecule has 0 aromatic heterocycles. The monoisotopic (exact) mass is 198 g/mol. The number of aliphatic hydroxyl groups excluding tert-OH is 1. The standard InChI is InChI=1S/C7H12Cl2O2/c1-2-3-4-5(8)6(9)7(10)11/h5,10-11H,2-4H2,1H3. The third-order valence-electron chi connectivity index (χ3n) is 1.30. The van der Waals surface area contributed by atoms with E-state index in [4.69, 9.17) is 33.4 Å². The highest BCUT2D eigenvalue weighted by molar-refractivity contribution is 6.37. The lowest BCUT2D eigenvalue weighted by Gasteiger charge is -2.05. The molecule has 4 heteroatoms. The molecule has 0 saturated heterocycles. The van der Waals surface area contributed by atoms with Crippen molar-refractivity contribution in [3.63, 3.8) is 0 Å². The fraction of sp³-hybridized carbons (Fsp3) is 0.714. The van der Waals surface area contributed by atoms with E-state index in [1.165, 1.54) is 0 Å².